The average Bonchev–Trinajstić information content (AvgIpc) is 3.25. The van der Waals surface area contributed by atoms with Gasteiger partial charge in [0.15, 0.2) is 5.76 Å². The zero-order valence-electron chi connectivity index (χ0n) is 15.9. The molecule has 1 aromatic heterocycles. The molecule has 1 heterocycles. The number of rotatable bonds is 10. The van der Waals surface area contributed by atoms with Crippen LogP contribution in [0.25, 0.3) is 6.08 Å². The first-order valence-electron chi connectivity index (χ1n) is 8.65. The van der Waals surface area contributed by atoms with Crippen LogP contribution in [0, 0.1) is 10.1 Å². The molecule has 2 amide bonds. The third-order valence-electron chi connectivity index (χ3n) is 3.84. The van der Waals surface area contributed by atoms with Crippen molar-refractivity contribution in [1.82, 2.24) is 10.6 Å². The molecule has 0 saturated heterocycles. The van der Waals surface area contributed by atoms with Gasteiger partial charge in [0.1, 0.15) is 11.7 Å². The van der Waals surface area contributed by atoms with Crippen molar-refractivity contribution in [2.45, 2.75) is 12.5 Å². The molecule has 2 aromatic rings. The predicted molar refractivity (Wildman–Crippen MR) is 110 cm³/mol. The minimum atomic E-state index is -1.22. The maximum absolute atomic E-state index is 12.7. The van der Waals surface area contributed by atoms with Crippen molar-refractivity contribution in [2.24, 2.45) is 0 Å². The summed E-state index contributed by atoms with van der Waals surface area (Å²) in [5, 5.41) is 25.0. The highest BCUT2D eigenvalue weighted by atomic mass is 32.2. The highest BCUT2D eigenvalue weighted by Gasteiger charge is 2.23. The Bertz CT molecular complexity index is 957. The van der Waals surface area contributed by atoms with Crippen LogP contribution >= 0.6 is 11.8 Å². The van der Waals surface area contributed by atoms with Crippen molar-refractivity contribution in [2.75, 3.05) is 12.0 Å². The zero-order valence-corrected chi connectivity index (χ0v) is 16.7. The minimum absolute atomic E-state index is 0.0649. The van der Waals surface area contributed by atoms with Crippen LogP contribution < -0.4 is 10.6 Å². The summed E-state index contributed by atoms with van der Waals surface area (Å²) >= 11 is 1.42. The number of hydrogen-bond acceptors (Lipinski definition) is 7. The second kappa shape index (κ2) is 10.8. The lowest BCUT2D eigenvalue weighted by Crippen LogP contribution is -2.44. The van der Waals surface area contributed by atoms with Crippen molar-refractivity contribution in [3.05, 3.63) is 69.8 Å². The lowest BCUT2D eigenvalue weighted by atomic mass is 10.1. The monoisotopic (exact) mass is 433 g/mol. The van der Waals surface area contributed by atoms with Crippen molar-refractivity contribution >= 4 is 41.3 Å². The molecule has 0 aliphatic rings. The predicted octanol–water partition coefficient (Wildman–Crippen LogP) is 2.28. The van der Waals surface area contributed by atoms with E-state index in [0.29, 0.717) is 5.75 Å². The number of carboxylic acid groups (broad SMARTS) is 1. The number of carbonyl (C=O) groups is 3. The number of carboxylic acids is 1. The summed E-state index contributed by atoms with van der Waals surface area (Å²) in [7, 11) is 0. The van der Waals surface area contributed by atoms with Crippen LogP contribution in [0.4, 0.5) is 5.69 Å². The van der Waals surface area contributed by atoms with E-state index >= 15 is 0 Å². The Morgan fingerprint density at radius 2 is 2.07 bits per heavy atom. The molecule has 30 heavy (non-hydrogen) atoms. The minimum Gasteiger partial charge on any atom is -0.480 e. The van der Waals surface area contributed by atoms with Gasteiger partial charge in [0.25, 0.3) is 17.5 Å². The van der Waals surface area contributed by atoms with Gasteiger partial charge in [-0.2, -0.15) is 11.8 Å². The normalized spacial score (nSPS) is 12.1. The Morgan fingerprint density at radius 1 is 1.30 bits per heavy atom. The van der Waals surface area contributed by atoms with Gasteiger partial charge in [-0.05, 0) is 42.2 Å². The Kier molecular flexibility index (Phi) is 8.18. The zero-order chi connectivity index (χ0) is 22.1. The van der Waals surface area contributed by atoms with Gasteiger partial charge in [0.05, 0.1) is 11.2 Å². The van der Waals surface area contributed by atoms with Gasteiger partial charge >= 0.3 is 5.97 Å². The molecule has 2 rings (SSSR count). The van der Waals surface area contributed by atoms with Gasteiger partial charge < -0.3 is 20.2 Å². The van der Waals surface area contributed by atoms with Gasteiger partial charge in [0, 0.05) is 12.1 Å². The van der Waals surface area contributed by atoms with Gasteiger partial charge in [-0.1, -0.05) is 12.1 Å². The summed E-state index contributed by atoms with van der Waals surface area (Å²) in [6.45, 7) is 0. The van der Waals surface area contributed by atoms with Gasteiger partial charge in [-0.15, -0.1) is 0 Å². The standard InChI is InChI=1S/C19H19N3O7S/c1-30-9-7-14(19(25)26)20-17(23)15(21-18(24)16-6-3-8-29-16)11-12-4-2-5-13(10-12)22(27)28/h2-6,8,10-11,14H,7,9H2,1H3,(H,20,23)(H,21,24)(H,25,26)/b15-11-. The van der Waals surface area contributed by atoms with Gasteiger partial charge in [0.2, 0.25) is 0 Å². The molecule has 0 aliphatic heterocycles. The summed E-state index contributed by atoms with van der Waals surface area (Å²) in [6, 6.07) is 7.13. The number of carbonyl (C=O) groups excluding carboxylic acids is 2. The van der Waals surface area contributed by atoms with Crippen LogP contribution in [0.2, 0.25) is 0 Å². The van der Waals surface area contributed by atoms with E-state index in [1.54, 1.807) is 6.26 Å². The number of nitrogens with one attached hydrogen (secondary N) is 2. The number of aliphatic carboxylic acids is 1. The smallest absolute Gasteiger partial charge is 0.326 e. The molecule has 0 bridgehead atoms. The second-order valence-electron chi connectivity index (χ2n) is 5.99. The van der Waals surface area contributed by atoms with Crippen molar-refractivity contribution < 1.29 is 28.8 Å². The Morgan fingerprint density at radius 3 is 2.67 bits per heavy atom. The van der Waals surface area contributed by atoms with E-state index in [4.69, 9.17) is 4.42 Å². The first-order valence-corrected chi connectivity index (χ1v) is 10.0. The Labute approximate surface area is 175 Å². The molecule has 0 saturated carbocycles. The van der Waals surface area contributed by atoms with Crippen molar-refractivity contribution in [3.63, 3.8) is 0 Å². The number of nitro groups is 1. The quantitative estimate of drug-likeness (QED) is 0.293. The second-order valence-corrected chi connectivity index (χ2v) is 6.97. The molecular formula is C19H19N3O7S. The maximum atomic E-state index is 12.7. The van der Waals surface area contributed by atoms with E-state index in [1.807, 2.05) is 0 Å². The summed E-state index contributed by atoms with van der Waals surface area (Å²) in [6.07, 6.45) is 4.48. The molecule has 11 heteroatoms. The van der Waals surface area contributed by atoms with E-state index < -0.39 is 28.7 Å². The number of non-ortho nitro benzene ring substituents is 1. The van der Waals surface area contributed by atoms with E-state index in [2.05, 4.69) is 10.6 Å². The largest absolute Gasteiger partial charge is 0.480 e. The number of thioether (sulfide) groups is 1. The molecule has 0 radical (unpaired) electrons. The fraction of sp³-hybridized carbons (Fsp3) is 0.211. The van der Waals surface area contributed by atoms with E-state index in [1.165, 1.54) is 60.5 Å². The number of nitro benzene ring substituents is 1. The Hall–Kier alpha value is -3.60. The van der Waals surface area contributed by atoms with Crippen LogP contribution in [0.1, 0.15) is 22.5 Å². The highest BCUT2D eigenvalue weighted by molar-refractivity contribution is 7.98. The first-order chi connectivity index (χ1) is 14.3. The topological polar surface area (TPSA) is 152 Å². The summed E-state index contributed by atoms with van der Waals surface area (Å²) in [4.78, 5) is 46.9. The molecule has 0 fully saturated rings. The molecule has 158 valence electrons. The summed E-state index contributed by atoms with van der Waals surface area (Å²) < 4.78 is 4.99. The van der Waals surface area contributed by atoms with Crippen LogP contribution in [-0.4, -0.2) is 45.9 Å². The van der Waals surface area contributed by atoms with E-state index in [9.17, 15) is 29.6 Å². The van der Waals surface area contributed by atoms with Crippen molar-refractivity contribution in [1.29, 1.82) is 0 Å². The number of benzene rings is 1. The van der Waals surface area contributed by atoms with Gasteiger partial charge in [-0.25, -0.2) is 4.79 Å². The van der Waals surface area contributed by atoms with Crippen LogP contribution in [0.15, 0.2) is 52.8 Å². The van der Waals surface area contributed by atoms with Crippen LogP contribution in [-0.2, 0) is 9.59 Å². The average molecular weight is 433 g/mol. The molecule has 1 aromatic carbocycles. The van der Waals surface area contributed by atoms with E-state index in [-0.39, 0.29) is 29.1 Å². The molecule has 0 spiro atoms. The lowest BCUT2D eigenvalue weighted by Gasteiger charge is -2.16. The number of hydrogen-bond donors (Lipinski definition) is 3. The molecular weight excluding hydrogens is 414 g/mol. The van der Waals surface area contributed by atoms with E-state index in [0.717, 1.165) is 0 Å². The number of nitrogens with zero attached hydrogens (tertiary/aromatic N) is 1. The number of furan rings is 1. The third-order valence-corrected chi connectivity index (χ3v) is 4.49. The molecule has 1 atom stereocenters. The first kappa shape index (κ1) is 22.7. The molecule has 1 unspecified atom stereocenters. The highest BCUT2D eigenvalue weighted by Crippen LogP contribution is 2.16. The fourth-order valence-electron chi connectivity index (χ4n) is 2.37. The Balaban J connectivity index is 2.33. The summed E-state index contributed by atoms with van der Waals surface area (Å²) in [5.41, 5.74) is -0.221. The summed E-state index contributed by atoms with van der Waals surface area (Å²) in [5.74, 6) is -2.37. The van der Waals surface area contributed by atoms with Crippen LogP contribution in [0.5, 0.6) is 0 Å². The van der Waals surface area contributed by atoms with Crippen LogP contribution in [0.3, 0.4) is 0 Å². The van der Waals surface area contributed by atoms with Crippen molar-refractivity contribution in [3.8, 4) is 0 Å². The fourth-order valence-corrected chi connectivity index (χ4v) is 2.85. The SMILES string of the molecule is CSCCC(NC(=O)/C(=C/c1cccc([N+](=O)[O-])c1)NC(=O)c1ccco1)C(=O)O. The molecule has 0 aliphatic carbocycles. The molecule has 10 nitrogen and oxygen atoms in total. The van der Waals surface area contributed by atoms with Gasteiger partial charge in [-0.3, -0.25) is 19.7 Å². The maximum Gasteiger partial charge on any atom is 0.326 e. The number of amides is 2. The lowest BCUT2D eigenvalue weighted by molar-refractivity contribution is -0.384. The third kappa shape index (κ3) is 6.48. The molecule has 3 N–H and O–H groups in total.